The van der Waals surface area contributed by atoms with Crippen LogP contribution in [-0.4, -0.2) is 29.9 Å². The number of hydrogen-bond donors (Lipinski definition) is 3. The average Bonchev–Trinajstić information content (AvgIpc) is 2.86. The van der Waals surface area contributed by atoms with E-state index in [1.165, 1.54) is 30.6 Å². The molecule has 0 saturated heterocycles. The molecule has 3 N–H and O–H groups in total. The Morgan fingerprint density at radius 3 is 2.89 bits per heavy atom. The van der Waals surface area contributed by atoms with Gasteiger partial charge in [0.05, 0.1) is 6.33 Å². The fraction of sp³-hybridized carbons (Fsp3) is 0.100. The van der Waals surface area contributed by atoms with Crippen LogP contribution in [0.15, 0.2) is 33.5 Å². The number of rotatable bonds is 3. The van der Waals surface area contributed by atoms with Gasteiger partial charge in [-0.15, -0.1) is 0 Å². The van der Waals surface area contributed by atoms with Gasteiger partial charge in [0.2, 0.25) is 0 Å². The summed E-state index contributed by atoms with van der Waals surface area (Å²) in [6.07, 6.45) is 4.36. The molecule has 0 bridgehead atoms. The van der Waals surface area contributed by atoms with Crippen molar-refractivity contribution in [3.63, 3.8) is 0 Å². The molecule has 19 heavy (non-hydrogen) atoms. The van der Waals surface area contributed by atoms with E-state index in [4.69, 9.17) is 0 Å². The third-order valence-electron chi connectivity index (χ3n) is 2.45. The molecule has 9 heteroatoms. The largest absolute Gasteiger partial charge is 0.341 e. The SMILES string of the molecule is O=c1[nH]cc(CSc2ncnc3nc[nH]c23)c(=O)[nH]1. The molecule has 0 radical (unpaired) electrons. The number of fused-ring (bicyclic) bond motifs is 1. The topological polar surface area (TPSA) is 120 Å². The first-order valence-electron chi connectivity index (χ1n) is 5.32. The highest BCUT2D eigenvalue weighted by Crippen LogP contribution is 2.23. The summed E-state index contributed by atoms with van der Waals surface area (Å²) >= 11 is 1.36. The third-order valence-corrected chi connectivity index (χ3v) is 3.49. The van der Waals surface area contributed by atoms with Gasteiger partial charge >= 0.3 is 5.69 Å². The zero-order valence-electron chi connectivity index (χ0n) is 9.51. The van der Waals surface area contributed by atoms with Crippen molar-refractivity contribution in [2.45, 2.75) is 10.8 Å². The Kier molecular flexibility index (Phi) is 2.88. The van der Waals surface area contributed by atoms with Gasteiger partial charge in [-0.05, 0) is 0 Å². The van der Waals surface area contributed by atoms with Gasteiger partial charge in [-0.3, -0.25) is 9.78 Å². The first kappa shape index (κ1) is 11.7. The Bertz CT molecular complexity index is 835. The molecule has 0 amide bonds. The summed E-state index contributed by atoms with van der Waals surface area (Å²) in [5.41, 5.74) is 0.861. The van der Waals surface area contributed by atoms with Crippen LogP contribution in [0.4, 0.5) is 0 Å². The van der Waals surface area contributed by atoms with E-state index in [-0.39, 0.29) is 0 Å². The molecule has 0 aliphatic heterocycles. The number of nitrogens with zero attached hydrogens (tertiary/aromatic N) is 3. The molecule has 3 rings (SSSR count). The summed E-state index contributed by atoms with van der Waals surface area (Å²) in [4.78, 5) is 42.2. The minimum Gasteiger partial charge on any atom is -0.341 e. The van der Waals surface area contributed by atoms with E-state index in [2.05, 4.69) is 29.9 Å². The Morgan fingerprint density at radius 1 is 1.16 bits per heavy atom. The van der Waals surface area contributed by atoms with E-state index in [0.717, 1.165) is 5.52 Å². The highest BCUT2D eigenvalue weighted by molar-refractivity contribution is 7.98. The number of hydrogen-bond acceptors (Lipinski definition) is 6. The zero-order chi connectivity index (χ0) is 13.2. The molecule has 96 valence electrons. The number of imidazole rings is 1. The maximum atomic E-state index is 11.5. The molecule has 0 aliphatic carbocycles. The van der Waals surface area contributed by atoms with Gasteiger partial charge in [-0.25, -0.2) is 19.7 Å². The molecule has 8 nitrogen and oxygen atoms in total. The van der Waals surface area contributed by atoms with Crippen LogP contribution in [0, 0.1) is 0 Å². The van der Waals surface area contributed by atoms with Crippen LogP contribution < -0.4 is 11.2 Å². The van der Waals surface area contributed by atoms with Gasteiger partial charge in [0, 0.05) is 17.5 Å². The molecule has 0 saturated carbocycles. The molecule has 0 atom stereocenters. The van der Waals surface area contributed by atoms with Gasteiger partial charge in [-0.2, -0.15) is 0 Å². The van der Waals surface area contributed by atoms with E-state index in [9.17, 15) is 9.59 Å². The summed E-state index contributed by atoms with van der Waals surface area (Å²) in [6, 6.07) is 0. The number of aromatic amines is 3. The van der Waals surface area contributed by atoms with Crippen LogP contribution >= 0.6 is 11.8 Å². The van der Waals surface area contributed by atoms with Gasteiger partial charge < -0.3 is 9.97 Å². The lowest BCUT2D eigenvalue weighted by Crippen LogP contribution is -2.24. The number of aromatic nitrogens is 6. The van der Waals surface area contributed by atoms with Crippen LogP contribution in [0.1, 0.15) is 5.56 Å². The van der Waals surface area contributed by atoms with E-state index in [1.54, 1.807) is 0 Å². The zero-order valence-corrected chi connectivity index (χ0v) is 10.3. The van der Waals surface area contributed by atoms with E-state index in [0.29, 0.717) is 22.0 Å². The molecule has 3 aromatic heterocycles. The predicted molar refractivity (Wildman–Crippen MR) is 68.9 cm³/mol. The van der Waals surface area contributed by atoms with Crippen LogP contribution in [0.2, 0.25) is 0 Å². The van der Waals surface area contributed by atoms with E-state index in [1.807, 2.05) is 0 Å². The van der Waals surface area contributed by atoms with Crippen molar-refractivity contribution < 1.29 is 0 Å². The van der Waals surface area contributed by atoms with Gasteiger partial charge in [0.1, 0.15) is 16.9 Å². The lowest BCUT2D eigenvalue weighted by Gasteiger charge is -2.00. The van der Waals surface area contributed by atoms with Crippen molar-refractivity contribution in [3.05, 3.63) is 45.3 Å². The second-order valence-electron chi connectivity index (χ2n) is 3.67. The van der Waals surface area contributed by atoms with Crippen molar-refractivity contribution >= 4 is 22.9 Å². The van der Waals surface area contributed by atoms with Gasteiger partial charge in [0.25, 0.3) is 5.56 Å². The monoisotopic (exact) mass is 276 g/mol. The smallest absolute Gasteiger partial charge is 0.325 e. The van der Waals surface area contributed by atoms with Crippen molar-refractivity contribution in [3.8, 4) is 0 Å². The summed E-state index contributed by atoms with van der Waals surface area (Å²) < 4.78 is 0. The van der Waals surface area contributed by atoms with Crippen molar-refractivity contribution in [1.82, 2.24) is 29.9 Å². The Morgan fingerprint density at radius 2 is 2.05 bits per heavy atom. The molecule has 0 aromatic carbocycles. The first-order chi connectivity index (χ1) is 9.24. The second-order valence-corrected chi connectivity index (χ2v) is 4.63. The minimum absolute atomic E-state index is 0.386. The summed E-state index contributed by atoms with van der Waals surface area (Å²) in [7, 11) is 0. The number of H-pyrrole nitrogens is 3. The summed E-state index contributed by atoms with van der Waals surface area (Å²) in [6.45, 7) is 0. The van der Waals surface area contributed by atoms with Crippen molar-refractivity contribution in [1.29, 1.82) is 0 Å². The quantitative estimate of drug-likeness (QED) is 0.458. The fourth-order valence-electron chi connectivity index (χ4n) is 1.54. The summed E-state index contributed by atoms with van der Waals surface area (Å²) in [5, 5.41) is 0.702. The molecule has 0 unspecified atom stereocenters. The molecule has 0 spiro atoms. The van der Waals surface area contributed by atoms with Crippen LogP contribution in [0.3, 0.4) is 0 Å². The standard InChI is InChI=1S/C10H8N6O2S/c17-8-5(1-11-10(18)16-8)2-19-9-6-7(13-3-12-6)14-4-15-9/h1,3-4H,2H2,(H2,11,16,17,18)(H,12,13,14,15). The van der Waals surface area contributed by atoms with E-state index >= 15 is 0 Å². The maximum absolute atomic E-state index is 11.5. The van der Waals surface area contributed by atoms with Crippen LogP contribution in [0.5, 0.6) is 0 Å². The Balaban J connectivity index is 1.88. The predicted octanol–water partition coefficient (Wildman–Crippen LogP) is 0.0218. The lowest BCUT2D eigenvalue weighted by molar-refractivity contribution is 0.999. The molecular formula is C10H8N6O2S. The van der Waals surface area contributed by atoms with Gasteiger partial charge in [-0.1, -0.05) is 11.8 Å². The molecule has 3 heterocycles. The number of thioether (sulfide) groups is 1. The lowest BCUT2D eigenvalue weighted by atomic mass is 10.4. The number of nitrogens with one attached hydrogen (secondary N) is 3. The normalized spacial score (nSPS) is 10.9. The van der Waals surface area contributed by atoms with Crippen molar-refractivity contribution in [2.24, 2.45) is 0 Å². The first-order valence-corrected chi connectivity index (χ1v) is 6.30. The van der Waals surface area contributed by atoms with Crippen LogP contribution in [0.25, 0.3) is 11.2 Å². The van der Waals surface area contributed by atoms with E-state index < -0.39 is 11.2 Å². The maximum Gasteiger partial charge on any atom is 0.325 e. The Hall–Kier alpha value is -2.42. The van der Waals surface area contributed by atoms with Crippen molar-refractivity contribution in [2.75, 3.05) is 0 Å². The minimum atomic E-state index is -0.517. The second kappa shape index (κ2) is 4.69. The highest BCUT2D eigenvalue weighted by atomic mass is 32.2. The Labute approximate surface area is 109 Å². The average molecular weight is 276 g/mol. The molecule has 0 fully saturated rings. The molecule has 0 aliphatic rings. The molecular weight excluding hydrogens is 268 g/mol. The van der Waals surface area contributed by atoms with Crippen LogP contribution in [-0.2, 0) is 5.75 Å². The van der Waals surface area contributed by atoms with Gasteiger partial charge in [0.15, 0.2) is 5.65 Å². The summed E-state index contributed by atoms with van der Waals surface area (Å²) in [5.74, 6) is 0.386. The fourth-order valence-corrected chi connectivity index (χ4v) is 2.47. The molecule has 3 aromatic rings. The third kappa shape index (κ3) is 2.27. The highest BCUT2D eigenvalue weighted by Gasteiger charge is 2.08.